The van der Waals surface area contributed by atoms with Gasteiger partial charge in [0.25, 0.3) is 5.69 Å². The zero-order valence-corrected chi connectivity index (χ0v) is 11.1. The van der Waals surface area contributed by atoms with Crippen LogP contribution in [0.15, 0.2) is 42.5 Å². The first-order chi connectivity index (χ1) is 9.06. The highest BCUT2D eigenvalue weighted by Crippen LogP contribution is 2.27. The van der Waals surface area contributed by atoms with E-state index in [2.05, 4.69) is 11.4 Å². The van der Waals surface area contributed by atoms with E-state index >= 15 is 0 Å². The van der Waals surface area contributed by atoms with E-state index in [1.165, 1.54) is 17.7 Å². The highest BCUT2D eigenvalue weighted by molar-refractivity contribution is 6.32. The molecule has 5 heteroatoms. The summed E-state index contributed by atoms with van der Waals surface area (Å²) < 4.78 is 0. The number of hydrogen-bond acceptors (Lipinski definition) is 3. The van der Waals surface area contributed by atoms with Gasteiger partial charge in [-0.25, -0.2) is 0 Å². The highest BCUT2D eigenvalue weighted by atomic mass is 35.5. The molecule has 19 heavy (non-hydrogen) atoms. The van der Waals surface area contributed by atoms with Crippen LogP contribution in [0.2, 0.25) is 5.02 Å². The molecule has 2 aromatic carbocycles. The fraction of sp³-hybridized carbons (Fsp3) is 0.143. The summed E-state index contributed by atoms with van der Waals surface area (Å²) in [6.07, 6.45) is 0. The summed E-state index contributed by atoms with van der Waals surface area (Å²) in [6.45, 7) is 2.64. The van der Waals surface area contributed by atoms with E-state index in [4.69, 9.17) is 11.6 Å². The molecule has 0 amide bonds. The Bertz CT molecular complexity index is 614. The quantitative estimate of drug-likeness (QED) is 0.673. The fourth-order valence-electron chi connectivity index (χ4n) is 1.79. The Morgan fingerprint density at radius 1 is 1.26 bits per heavy atom. The Labute approximate surface area is 116 Å². The van der Waals surface area contributed by atoms with Crippen LogP contribution in [-0.2, 0) is 6.54 Å². The molecule has 2 aromatic rings. The lowest BCUT2D eigenvalue weighted by molar-refractivity contribution is -0.384. The van der Waals surface area contributed by atoms with Gasteiger partial charge in [-0.15, -0.1) is 0 Å². The summed E-state index contributed by atoms with van der Waals surface area (Å²) in [7, 11) is 0. The smallest absolute Gasteiger partial charge is 0.289 e. The second-order valence-corrected chi connectivity index (χ2v) is 4.67. The predicted molar refractivity (Wildman–Crippen MR) is 76.6 cm³/mol. The lowest BCUT2D eigenvalue weighted by atomic mass is 10.1. The molecule has 2 rings (SSSR count). The Hall–Kier alpha value is -2.07. The molecule has 0 spiro atoms. The van der Waals surface area contributed by atoms with Gasteiger partial charge in [-0.2, -0.15) is 0 Å². The number of hydrogen-bond donors (Lipinski definition) is 1. The second kappa shape index (κ2) is 5.71. The lowest BCUT2D eigenvalue weighted by Crippen LogP contribution is -2.00. The van der Waals surface area contributed by atoms with Gasteiger partial charge in [0.2, 0.25) is 0 Å². The van der Waals surface area contributed by atoms with E-state index in [1.807, 2.05) is 25.1 Å². The van der Waals surface area contributed by atoms with Crippen molar-refractivity contribution >= 4 is 23.0 Å². The van der Waals surface area contributed by atoms with Crippen LogP contribution in [0.1, 0.15) is 11.1 Å². The molecule has 0 atom stereocenters. The minimum Gasteiger partial charge on any atom is -0.381 e. The van der Waals surface area contributed by atoms with E-state index in [9.17, 15) is 10.1 Å². The number of benzene rings is 2. The molecule has 4 nitrogen and oxygen atoms in total. The third-order valence-corrected chi connectivity index (χ3v) is 3.04. The summed E-state index contributed by atoms with van der Waals surface area (Å²) in [5, 5.41) is 14.1. The van der Waals surface area contributed by atoms with Crippen molar-refractivity contribution < 1.29 is 4.92 Å². The molecule has 0 fully saturated rings. The number of anilines is 1. The molecule has 1 N–H and O–H groups in total. The SMILES string of the molecule is Cc1cccc(CNc2ccc(Cl)c([N+](=O)[O-])c2)c1. The maximum absolute atomic E-state index is 10.8. The fourth-order valence-corrected chi connectivity index (χ4v) is 1.98. The number of nitro groups is 1. The first kappa shape index (κ1) is 13.4. The summed E-state index contributed by atoms with van der Waals surface area (Å²) in [5.74, 6) is 0. The zero-order chi connectivity index (χ0) is 13.8. The molecule has 0 unspecified atom stereocenters. The van der Waals surface area contributed by atoms with Crippen LogP contribution in [0, 0.1) is 17.0 Å². The summed E-state index contributed by atoms with van der Waals surface area (Å²) >= 11 is 5.76. The molecule has 0 heterocycles. The van der Waals surface area contributed by atoms with E-state index in [0.29, 0.717) is 12.2 Å². The van der Waals surface area contributed by atoms with Crippen LogP contribution < -0.4 is 5.32 Å². The van der Waals surface area contributed by atoms with Crippen LogP contribution in [-0.4, -0.2) is 4.92 Å². The maximum Gasteiger partial charge on any atom is 0.289 e. The zero-order valence-electron chi connectivity index (χ0n) is 10.4. The van der Waals surface area contributed by atoms with Crippen LogP contribution in [0.5, 0.6) is 0 Å². The first-order valence-corrected chi connectivity index (χ1v) is 6.17. The minimum atomic E-state index is -0.486. The van der Waals surface area contributed by atoms with Gasteiger partial charge in [-0.1, -0.05) is 41.4 Å². The predicted octanol–water partition coefficient (Wildman–Crippen LogP) is 4.17. The number of nitro benzene ring substituents is 1. The van der Waals surface area contributed by atoms with Gasteiger partial charge >= 0.3 is 0 Å². The maximum atomic E-state index is 10.8. The van der Waals surface area contributed by atoms with Gasteiger partial charge in [0.15, 0.2) is 0 Å². The molecule has 0 aliphatic carbocycles. The molecule has 98 valence electrons. The van der Waals surface area contributed by atoms with Crippen molar-refractivity contribution in [3.05, 3.63) is 68.7 Å². The molecule has 0 aromatic heterocycles. The third-order valence-electron chi connectivity index (χ3n) is 2.72. The third kappa shape index (κ3) is 3.45. The number of rotatable bonds is 4. The van der Waals surface area contributed by atoms with Crippen molar-refractivity contribution in [3.8, 4) is 0 Å². The molecule has 0 saturated carbocycles. The van der Waals surface area contributed by atoms with Crippen molar-refractivity contribution in [1.82, 2.24) is 0 Å². The second-order valence-electron chi connectivity index (χ2n) is 4.27. The standard InChI is InChI=1S/C14H13ClN2O2/c1-10-3-2-4-11(7-10)9-16-12-5-6-13(15)14(8-12)17(18)19/h2-8,16H,9H2,1H3. The Kier molecular flexibility index (Phi) is 4.02. The van der Waals surface area contributed by atoms with Crippen LogP contribution in [0.4, 0.5) is 11.4 Å². The Morgan fingerprint density at radius 2 is 2.05 bits per heavy atom. The van der Waals surface area contributed by atoms with Gasteiger partial charge in [0, 0.05) is 18.3 Å². The Balaban J connectivity index is 2.12. The normalized spacial score (nSPS) is 10.2. The first-order valence-electron chi connectivity index (χ1n) is 5.79. The lowest BCUT2D eigenvalue weighted by Gasteiger charge is -2.07. The molecule has 0 bridgehead atoms. The topological polar surface area (TPSA) is 55.2 Å². The molecule has 0 saturated heterocycles. The monoisotopic (exact) mass is 276 g/mol. The minimum absolute atomic E-state index is 0.0871. The van der Waals surface area contributed by atoms with Gasteiger partial charge in [-0.05, 0) is 24.6 Å². The van der Waals surface area contributed by atoms with Crippen molar-refractivity contribution in [2.24, 2.45) is 0 Å². The molecular formula is C14H13ClN2O2. The largest absolute Gasteiger partial charge is 0.381 e. The van der Waals surface area contributed by atoms with E-state index in [1.54, 1.807) is 6.07 Å². The molecule has 0 aliphatic heterocycles. The van der Waals surface area contributed by atoms with E-state index < -0.39 is 4.92 Å². The number of aryl methyl sites for hydroxylation is 1. The summed E-state index contributed by atoms with van der Waals surface area (Å²) in [6, 6.07) is 12.8. The number of nitrogens with zero attached hydrogens (tertiary/aromatic N) is 1. The summed E-state index contributed by atoms with van der Waals surface area (Å²) in [5.41, 5.74) is 2.90. The van der Waals surface area contributed by atoms with Gasteiger partial charge in [0.05, 0.1) is 4.92 Å². The number of nitrogens with one attached hydrogen (secondary N) is 1. The van der Waals surface area contributed by atoms with Crippen molar-refractivity contribution in [2.75, 3.05) is 5.32 Å². The van der Waals surface area contributed by atoms with Crippen molar-refractivity contribution in [1.29, 1.82) is 0 Å². The van der Waals surface area contributed by atoms with Gasteiger partial charge < -0.3 is 5.32 Å². The molecule has 0 aliphatic rings. The molecule has 0 radical (unpaired) electrons. The van der Waals surface area contributed by atoms with Crippen molar-refractivity contribution in [3.63, 3.8) is 0 Å². The average molecular weight is 277 g/mol. The van der Waals surface area contributed by atoms with E-state index in [0.717, 1.165) is 5.56 Å². The molecular weight excluding hydrogens is 264 g/mol. The van der Waals surface area contributed by atoms with Crippen LogP contribution in [0.25, 0.3) is 0 Å². The van der Waals surface area contributed by atoms with Gasteiger partial charge in [0.1, 0.15) is 5.02 Å². The van der Waals surface area contributed by atoms with Gasteiger partial charge in [-0.3, -0.25) is 10.1 Å². The summed E-state index contributed by atoms with van der Waals surface area (Å²) in [4.78, 5) is 10.3. The van der Waals surface area contributed by atoms with Crippen LogP contribution in [0.3, 0.4) is 0 Å². The van der Waals surface area contributed by atoms with E-state index in [-0.39, 0.29) is 10.7 Å². The average Bonchev–Trinajstić information content (AvgIpc) is 2.37. The highest BCUT2D eigenvalue weighted by Gasteiger charge is 2.12. The Morgan fingerprint density at radius 3 is 2.74 bits per heavy atom. The van der Waals surface area contributed by atoms with Crippen molar-refractivity contribution in [2.45, 2.75) is 13.5 Å². The number of halogens is 1. The van der Waals surface area contributed by atoms with Crippen LogP contribution >= 0.6 is 11.6 Å².